The molecule has 3 heteroatoms. The van der Waals surface area contributed by atoms with Crippen molar-refractivity contribution < 1.29 is 4.74 Å². The molecule has 0 heterocycles. The smallest absolute Gasteiger partial charge is 0.0593 e. The van der Waals surface area contributed by atoms with Crippen molar-refractivity contribution in [3.63, 3.8) is 0 Å². The van der Waals surface area contributed by atoms with Crippen LogP contribution in [0.1, 0.15) is 52.9 Å². The van der Waals surface area contributed by atoms with Gasteiger partial charge in [0.05, 0.1) is 6.61 Å². The third-order valence-corrected chi connectivity index (χ3v) is 4.69. The van der Waals surface area contributed by atoms with Crippen molar-refractivity contribution in [3.05, 3.63) is 0 Å². The zero-order valence-corrected chi connectivity index (χ0v) is 14.2. The standard InChI is InChI=1S/C17H36N2O/c1-5-11-18-14-17(9-7-16(3)8-10-17)15-19(4)12-13-20-6-2/h16,18H,5-15H2,1-4H3. The van der Waals surface area contributed by atoms with Gasteiger partial charge in [-0.15, -0.1) is 0 Å². The van der Waals surface area contributed by atoms with E-state index >= 15 is 0 Å². The van der Waals surface area contributed by atoms with E-state index in [-0.39, 0.29) is 0 Å². The first-order valence-corrected chi connectivity index (χ1v) is 8.59. The lowest BCUT2D eigenvalue weighted by molar-refractivity contribution is 0.0723. The van der Waals surface area contributed by atoms with Gasteiger partial charge in [-0.3, -0.25) is 0 Å². The number of hydrogen-bond acceptors (Lipinski definition) is 3. The molecule has 0 bridgehead atoms. The Morgan fingerprint density at radius 2 is 1.95 bits per heavy atom. The number of likely N-dealkylation sites (N-methyl/N-ethyl adjacent to an activating group) is 1. The van der Waals surface area contributed by atoms with Crippen LogP contribution in [0, 0.1) is 11.3 Å². The van der Waals surface area contributed by atoms with E-state index in [1.165, 1.54) is 45.2 Å². The molecule has 0 unspecified atom stereocenters. The van der Waals surface area contributed by atoms with Crippen LogP contribution in [0.4, 0.5) is 0 Å². The van der Waals surface area contributed by atoms with Crippen LogP contribution in [0.5, 0.6) is 0 Å². The van der Waals surface area contributed by atoms with Crippen LogP contribution >= 0.6 is 0 Å². The van der Waals surface area contributed by atoms with Crippen LogP contribution in [-0.2, 0) is 4.74 Å². The lowest BCUT2D eigenvalue weighted by Crippen LogP contribution is -2.46. The van der Waals surface area contributed by atoms with E-state index in [2.05, 4.69) is 38.0 Å². The molecule has 0 aromatic heterocycles. The lowest BCUT2D eigenvalue weighted by Gasteiger charge is -2.42. The maximum Gasteiger partial charge on any atom is 0.0593 e. The molecule has 0 aromatic carbocycles. The molecule has 3 nitrogen and oxygen atoms in total. The predicted molar refractivity (Wildman–Crippen MR) is 87.2 cm³/mol. The molecule has 1 rings (SSSR count). The highest BCUT2D eigenvalue weighted by molar-refractivity contribution is 4.89. The number of nitrogens with zero attached hydrogens (tertiary/aromatic N) is 1. The predicted octanol–water partition coefficient (Wildman–Crippen LogP) is 3.15. The fourth-order valence-electron chi connectivity index (χ4n) is 3.31. The maximum atomic E-state index is 5.48. The highest BCUT2D eigenvalue weighted by Gasteiger charge is 2.34. The Morgan fingerprint density at radius 1 is 1.25 bits per heavy atom. The Morgan fingerprint density at radius 3 is 2.55 bits per heavy atom. The van der Waals surface area contributed by atoms with Gasteiger partial charge in [-0.05, 0) is 51.1 Å². The lowest BCUT2D eigenvalue weighted by atomic mass is 9.70. The maximum absolute atomic E-state index is 5.48. The summed E-state index contributed by atoms with van der Waals surface area (Å²) in [5.74, 6) is 0.919. The Balaban J connectivity index is 2.44. The summed E-state index contributed by atoms with van der Waals surface area (Å²) in [6.45, 7) is 13.0. The Bertz CT molecular complexity index is 237. The Labute approximate surface area is 126 Å². The molecule has 0 spiro atoms. The van der Waals surface area contributed by atoms with Crippen molar-refractivity contribution in [1.82, 2.24) is 10.2 Å². The van der Waals surface area contributed by atoms with Gasteiger partial charge in [-0.25, -0.2) is 0 Å². The van der Waals surface area contributed by atoms with Gasteiger partial charge >= 0.3 is 0 Å². The fourth-order valence-corrected chi connectivity index (χ4v) is 3.31. The van der Waals surface area contributed by atoms with Crippen LogP contribution in [0.25, 0.3) is 0 Å². The minimum atomic E-state index is 0.489. The first-order chi connectivity index (χ1) is 9.62. The second kappa shape index (κ2) is 9.75. The minimum absolute atomic E-state index is 0.489. The molecular weight excluding hydrogens is 248 g/mol. The summed E-state index contributed by atoms with van der Waals surface area (Å²) in [4.78, 5) is 2.47. The largest absolute Gasteiger partial charge is 0.380 e. The van der Waals surface area contributed by atoms with E-state index in [1.54, 1.807) is 0 Å². The highest BCUT2D eigenvalue weighted by Crippen LogP contribution is 2.39. The van der Waals surface area contributed by atoms with E-state index < -0.39 is 0 Å². The third-order valence-electron chi connectivity index (χ3n) is 4.69. The van der Waals surface area contributed by atoms with Crippen LogP contribution in [0.15, 0.2) is 0 Å². The second-order valence-electron chi connectivity index (χ2n) is 6.79. The molecule has 0 radical (unpaired) electrons. The molecule has 0 saturated heterocycles. The SMILES string of the molecule is CCCNCC1(CN(C)CCOCC)CCC(C)CC1. The van der Waals surface area contributed by atoms with Gasteiger partial charge in [0.25, 0.3) is 0 Å². The van der Waals surface area contributed by atoms with Gasteiger partial charge in [0.1, 0.15) is 0 Å². The van der Waals surface area contributed by atoms with Gasteiger partial charge in [-0.1, -0.05) is 26.7 Å². The van der Waals surface area contributed by atoms with Crippen molar-refractivity contribution in [2.24, 2.45) is 11.3 Å². The molecule has 1 fully saturated rings. The van der Waals surface area contributed by atoms with Gasteiger partial charge in [-0.2, -0.15) is 0 Å². The number of ether oxygens (including phenoxy) is 1. The van der Waals surface area contributed by atoms with E-state index in [9.17, 15) is 0 Å². The van der Waals surface area contributed by atoms with Gasteiger partial charge in [0, 0.05) is 26.2 Å². The fraction of sp³-hybridized carbons (Fsp3) is 1.00. The van der Waals surface area contributed by atoms with E-state index in [4.69, 9.17) is 4.74 Å². The van der Waals surface area contributed by atoms with E-state index in [0.717, 1.165) is 32.2 Å². The summed E-state index contributed by atoms with van der Waals surface area (Å²) >= 11 is 0. The zero-order valence-electron chi connectivity index (χ0n) is 14.2. The summed E-state index contributed by atoms with van der Waals surface area (Å²) in [6, 6.07) is 0. The number of rotatable bonds is 10. The summed E-state index contributed by atoms with van der Waals surface area (Å²) in [6.07, 6.45) is 6.78. The van der Waals surface area contributed by atoms with Crippen molar-refractivity contribution in [1.29, 1.82) is 0 Å². The molecule has 0 aromatic rings. The van der Waals surface area contributed by atoms with Gasteiger partial charge in [0.15, 0.2) is 0 Å². The van der Waals surface area contributed by atoms with Crippen LogP contribution in [0.2, 0.25) is 0 Å². The summed E-state index contributed by atoms with van der Waals surface area (Å²) in [5.41, 5.74) is 0.489. The molecule has 1 saturated carbocycles. The molecule has 0 aliphatic heterocycles. The Kier molecular flexibility index (Phi) is 8.74. The van der Waals surface area contributed by atoms with Crippen LogP contribution in [-0.4, -0.2) is 51.3 Å². The topological polar surface area (TPSA) is 24.5 Å². The monoisotopic (exact) mass is 284 g/mol. The van der Waals surface area contributed by atoms with Crippen molar-refractivity contribution >= 4 is 0 Å². The first-order valence-electron chi connectivity index (χ1n) is 8.59. The van der Waals surface area contributed by atoms with Gasteiger partial charge in [0.2, 0.25) is 0 Å². The van der Waals surface area contributed by atoms with E-state index in [1.807, 2.05) is 0 Å². The number of hydrogen-bond donors (Lipinski definition) is 1. The highest BCUT2D eigenvalue weighted by atomic mass is 16.5. The molecule has 1 N–H and O–H groups in total. The molecule has 120 valence electrons. The molecule has 0 atom stereocenters. The Hall–Kier alpha value is -0.120. The summed E-state index contributed by atoms with van der Waals surface area (Å²) in [7, 11) is 2.25. The van der Waals surface area contributed by atoms with E-state index in [0.29, 0.717) is 5.41 Å². The van der Waals surface area contributed by atoms with Crippen LogP contribution in [0.3, 0.4) is 0 Å². The normalized spacial score (nSPS) is 27.1. The summed E-state index contributed by atoms with van der Waals surface area (Å²) < 4.78 is 5.48. The average molecular weight is 284 g/mol. The van der Waals surface area contributed by atoms with Crippen molar-refractivity contribution in [2.75, 3.05) is 46.4 Å². The molecular formula is C17H36N2O. The molecule has 1 aliphatic carbocycles. The minimum Gasteiger partial charge on any atom is -0.380 e. The molecule has 1 aliphatic rings. The second-order valence-corrected chi connectivity index (χ2v) is 6.79. The molecule has 0 amide bonds. The zero-order chi connectivity index (χ0) is 14.8. The third kappa shape index (κ3) is 6.55. The summed E-state index contributed by atoms with van der Waals surface area (Å²) in [5, 5.41) is 3.68. The first kappa shape index (κ1) is 17.9. The quantitative estimate of drug-likeness (QED) is 0.624. The van der Waals surface area contributed by atoms with Crippen molar-refractivity contribution in [2.45, 2.75) is 52.9 Å². The average Bonchev–Trinajstić information content (AvgIpc) is 2.43. The van der Waals surface area contributed by atoms with Crippen LogP contribution < -0.4 is 5.32 Å². The van der Waals surface area contributed by atoms with Gasteiger partial charge < -0.3 is 15.0 Å². The van der Waals surface area contributed by atoms with Crippen molar-refractivity contribution in [3.8, 4) is 0 Å². The molecule has 20 heavy (non-hydrogen) atoms. The number of nitrogens with one attached hydrogen (secondary N) is 1.